The zero-order valence-corrected chi connectivity index (χ0v) is 16.1. The average molecular weight is 388 g/mol. The molecule has 8 nitrogen and oxygen atoms in total. The standard InChI is InChI=1S/C20H24N2O6/c1-11-18(13(3)23)12(2)22-19(11)20(25)27-10-17(24)21-8-14-9-26-15-6-4-5-7-16(15)28-14/h4-7,13-14,22-23H,8-10H2,1-3H3,(H,21,24)/t13-,14+/m0/s1. The van der Waals surface area contributed by atoms with Crippen LogP contribution in [-0.4, -0.2) is 47.8 Å². The number of carbonyl (C=O) groups is 2. The van der Waals surface area contributed by atoms with Crippen molar-refractivity contribution in [1.29, 1.82) is 0 Å². The molecule has 0 radical (unpaired) electrons. The highest BCUT2D eigenvalue weighted by atomic mass is 16.6. The number of aryl methyl sites for hydroxylation is 1. The molecular formula is C20H24N2O6. The number of rotatable bonds is 6. The van der Waals surface area contributed by atoms with Crippen LogP contribution in [0, 0.1) is 13.8 Å². The lowest BCUT2D eigenvalue weighted by molar-refractivity contribution is -0.124. The fourth-order valence-corrected chi connectivity index (χ4v) is 3.24. The van der Waals surface area contributed by atoms with E-state index in [-0.39, 0.29) is 18.3 Å². The lowest BCUT2D eigenvalue weighted by Crippen LogP contribution is -2.42. The Morgan fingerprint density at radius 3 is 2.71 bits per heavy atom. The van der Waals surface area contributed by atoms with Gasteiger partial charge in [-0.25, -0.2) is 4.79 Å². The fourth-order valence-electron chi connectivity index (χ4n) is 3.24. The number of fused-ring (bicyclic) bond motifs is 1. The number of benzene rings is 1. The Morgan fingerprint density at radius 2 is 2.04 bits per heavy atom. The molecular weight excluding hydrogens is 364 g/mol. The first-order valence-electron chi connectivity index (χ1n) is 9.06. The van der Waals surface area contributed by atoms with Crippen molar-refractivity contribution in [3.63, 3.8) is 0 Å². The van der Waals surface area contributed by atoms with Crippen molar-refractivity contribution in [3.05, 3.63) is 46.8 Å². The van der Waals surface area contributed by atoms with Crippen LogP contribution in [0.25, 0.3) is 0 Å². The van der Waals surface area contributed by atoms with Crippen LogP contribution in [0.2, 0.25) is 0 Å². The van der Waals surface area contributed by atoms with Crippen molar-refractivity contribution in [2.45, 2.75) is 33.0 Å². The topological polar surface area (TPSA) is 110 Å². The predicted molar refractivity (Wildman–Crippen MR) is 101 cm³/mol. The zero-order valence-electron chi connectivity index (χ0n) is 16.1. The molecule has 0 fully saturated rings. The summed E-state index contributed by atoms with van der Waals surface area (Å²) in [5, 5.41) is 12.5. The van der Waals surface area contributed by atoms with Gasteiger partial charge in [-0.05, 0) is 38.5 Å². The van der Waals surface area contributed by atoms with Crippen LogP contribution in [0.4, 0.5) is 0 Å². The Balaban J connectivity index is 1.47. The van der Waals surface area contributed by atoms with Crippen molar-refractivity contribution in [3.8, 4) is 11.5 Å². The van der Waals surface area contributed by atoms with Crippen molar-refractivity contribution in [2.24, 2.45) is 0 Å². The molecule has 0 saturated heterocycles. The van der Waals surface area contributed by atoms with E-state index in [1.807, 2.05) is 18.2 Å². The number of aliphatic hydroxyl groups is 1. The molecule has 2 aromatic rings. The minimum atomic E-state index is -0.705. The van der Waals surface area contributed by atoms with E-state index in [9.17, 15) is 14.7 Å². The van der Waals surface area contributed by atoms with Crippen LogP contribution in [-0.2, 0) is 9.53 Å². The molecule has 8 heteroatoms. The normalized spacial score (nSPS) is 16.4. The molecule has 1 aromatic carbocycles. The summed E-state index contributed by atoms with van der Waals surface area (Å²) in [4.78, 5) is 27.1. The number of aliphatic hydroxyl groups excluding tert-OH is 1. The summed E-state index contributed by atoms with van der Waals surface area (Å²) in [5.41, 5.74) is 2.20. The Labute approximate surface area is 162 Å². The molecule has 2 atom stereocenters. The first-order valence-corrected chi connectivity index (χ1v) is 9.06. The van der Waals surface area contributed by atoms with Crippen molar-refractivity contribution >= 4 is 11.9 Å². The number of aromatic nitrogens is 1. The van der Waals surface area contributed by atoms with E-state index in [2.05, 4.69) is 10.3 Å². The van der Waals surface area contributed by atoms with Crippen LogP contribution in [0.15, 0.2) is 24.3 Å². The summed E-state index contributed by atoms with van der Waals surface area (Å²) in [6.45, 7) is 5.26. The van der Waals surface area contributed by atoms with Crippen molar-refractivity contribution in [2.75, 3.05) is 19.8 Å². The van der Waals surface area contributed by atoms with Crippen molar-refractivity contribution < 1.29 is 28.9 Å². The van der Waals surface area contributed by atoms with E-state index in [1.54, 1.807) is 26.8 Å². The molecule has 0 unspecified atom stereocenters. The highest BCUT2D eigenvalue weighted by Crippen LogP contribution is 2.30. The number of carbonyl (C=O) groups excluding carboxylic acids is 2. The molecule has 1 aliphatic rings. The first-order chi connectivity index (χ1) is 13.4. The number of esters is 1. The van der Waals surface area contributed by atoms with E-state index >= 15 is 0 Å². The van der Waals surface area contributed by atoms with Gasteiger partial charge in [0.25, 0.3) is 5.91 Å². The third kappa shape index (κ3) is 4.28. The van der Waals surface area contributed by atoms with E-state index in [1.165, 1.54) is 0 Å². The van der Waals surface area contributed by atoms with Gasteiger partial charge >= 0.3 is 5.97 Å². The van der Waals surface area contributed by atoms with Crippen molar-refractivity contribution in [1.82, 2.24) is 10.3 Å². The first kappa shape index (κ1) is 19.8. The highest BCUT2D eigenvalue weighted by molar-refractivity contribution is 5.91. The van der Waals surface area contributed by atoms with Crippen LogP contribution in [0.1, 0.15) is 40.3 Å². The van der Waals surface area contributed by atoms with Gasteiger partial charge in [-0.15, -0.1) is 0 Å². The number of nitrogens with one attached hydrogen (secondary N) is 2. The van der Waals surface area contributed by atoms with Gasteiger partial charge in [0.2, 0.25) is 0 Å². The van der Waals surface area contributed by atoms with Crippen LogP contribution >= 0.6 is 0 Å². The lowest BCUT2D eigenvalue weighted by atomic mass is 10.1. The van der Waals surface area contributed by atoms with Gasteiger partial charge < -0.3 is 29.6 Å². The monoisotopic (exact) mass is 388 g/mol. The molecule has 1 amide bonds. The van der Waals surface area contributed by atoms with E-state index in [0.717, 1.165) is 0 Å². The third-order valence-electron chi connectivity index (χ3n) is 4.55. The molecule has 0 spiro atoms. The van der Waals surface area contributed by atoms with Gasteiger partial charge in [0.05, 0.1) is 12.6 Å². The summed E-state index contributed by atoms with van der Waals surface area (Å²) in [6, 6.07) is 7.32. The highest BCUT2D eigenvalue weighted by Gasteiger charge is 2.23. The summed E-state index contributed by atoms with van der Waals surface area (Å²) in [5.74, 6) is 0.222. The second-order valence-corrected chi connectivity index (χ2v) is 6.72. The maximum atomic E-state index is 12.2. The van der Waals surface area contributed by atoms with Crippen LogP contribution in [0.3, 0.4) is 0 Å². The Bertz CT molecular complexity index is 874. The van der Waals surface area contributed by atoms with Gasteiger partial charge in [-0.3, -0.25) is 4.79 Å². The largest absolute Gasteiger partial charge is 0.486 e. The summed E-state index contributed by atoms with van der Waals surface area (Å²) in [7, 11) is 0. The molecule has 0 bridgehead atoms. The molecule has 0 saturated carbocycles. The number of hydrogen-bond donors (Lipinski definition) is 3. The number of ether oxygens (including phenoxy) is 3. The van der Waals surface area contributed by atoms with E-state index < -0.39 is 24.6 Å². The summed E-state index contributed by atoms with van der Waals surface area (Å²) < 4.78 is 16.4. The molecule has 3 N–H and O–H groups in total. The van der Waals surface area contributed by atoms with Crippen LogP contribution in [0.5, 0.6) is 11.5 Å². The second kappa shape index (κ2) is 8.35. The SMILES string of the molecule is Cc1[nH]c(C(=O)OCC(=O)NC[C@@H]2COc3ccccc3O2)c(C)c1[C@H](C)O. The number of H-pyrrole nitrogens is 1. The minimum absolute atomic E-state index is 0.234. The quantitative estimate of drug-likeness (QED) is 0.651. The molecule has 3 rings (SSSR count). The summed E-state index contributed by atoms with van der Waals surface area (Å²) >= 11 is 0. The lowest BCUT2D eigenvalue weighted by Gasteiger charge is -2.26. The van der Waals surface area contributed by atoms with Gasteiger partial charge in [0.15, 0.2) is 18.1 Å². The van der Waals surface area contributed by atoms with Gasteiger partial charge in [0, 0.05) is 11.3 Å². The average Bonchev–Trinajstić information content (AvgIpc) is 2.98. The minimum Gasteiger partial charge on any atom is -0.486 e. The molecule has 2 heterocycles. The van der Waals surface area contributed by atoms with Gasteiger partial charge in [0.1, 0.15) is 18.4 Å². The predicted octanol–water partition coefficient (Wildman–Crippen LogP) is 1.80. The number of amides is 1. The van der Waals surface area contributed by atoms with Gasteiger partial charge in [-0.1, -0.05) is 12.1 Å². The molecule has 150 valence electrons. The maximum absolute atomic E-state index is 12.2. The molecule has 1 aromatic heterocycles. The summed E-state index contributed by atoms with van der Waals surface area (Å²) in [6.07, 6.45) is -1.03. The number of aromatic amines is 1. The number of para-hydroxylation sites is 2. The van der Waals surface area contributed by atoms with Crippen LogP contribution < -0.4 is 14.8 Å². The van der Waals surface area contributed by atoms with Gasteiger partial charge in [-0.2, -0.15) is 0 Å². The Kier molecular flexibility index (Phi) is 5.89. The molecule has 28 heavy (non-hydrogen) atoms. The molecule has 0 aliphatic carbocycles. The zero-order chi connectivity index (χ0) is 20.3. The fraction of sp³-hybridized carbons (Fsp3) is 0.400. The van der Waals surface area contributed by atoms with E-state index in [4.69, 9.17) is 14.2 Å². The maximum Gasteiger partial charge on any atom is 0.355 e. The smallest absolute Gasteiger partial charge is 0.355 e. The third-order valence-corrected chi connectivity index (χ3v) is 4.55. The Hall–Kier alpha value is -3.00. The second-order valence-electron chi connectivity index (χ2n) is 6.72. The molecule has 1 aliphatic heterocycles. The number of hydrogen-bond acceptors (Lipinski definition) is 6. The Morgan fingerprint density at radius 1 is 1.32 bits per heavy atom. The van der Waals surface area contributed by atoms with E-state index in [0.29, 0.717) is 34.9 Å².